The number of carboxylic acids is 1. The van der Waals surface area contributed by atoms with Crippen LogP contribution in [0.5, 0.6) is 0 Å². The van der Waals surface area contributed by atoms with Crippen molar-refractivity contribution in [3.63, 3.8) is 0 Å². The van der Waals surface area contributed by atoms with Gasteiger partial charge in [0, 0.05) is 12.1 Å². The fraction of sp³-hybridized carbons (Fsp3) is 0.357. The summed E-state index contributed by atoms with van der Waals surface area (Å²) < 4.78 is 5.04. The van der Waals surface area contributed by atoms with Crippen molar-refractivity contribution in [3.05, 3.63) is 41.5 Å². The molecule has 6 heteroatoms. The number of anilines is 1. The molecule has 20 heavy (non-hydrogen) atoms. The maximum absolute atomic E-state index is 11.0. The topological polar surface area (TPSA) is 79.5 Å². The summed E-state index contributed by atoms with van der Waals surface area (Å²) in [6.45, 7) is 4.10. The van der Waals surface area contributed by atoms with E-state index >= 15 is 0 Å². The molecule has 0 saturated heterocycles. The van der Waals surface area contributed by atoms with Crippen LogP contribution in [0.1, 0.15) is 24.2 Å². The number of hydrogen-bond donors (Lipinski definition) is 1. The van der Waals surface area contributed by atoms with Gasteiger partial charge in [0.1, 0.15) is 6.54 Å². The summed E-state index contributed by atoms with van der Waals surface area (Å²) >= 11 is 0. The number of benzene rings is 1. The minimum atomic E-state index is -0.898. The van der Waals surface area contributed by atoms with Crippen LogP contribution in [0, 0.1) is 6.92 Å². The molecule has 2 rings (SSSR count). The molecular formula is C14H17N3O3. The fourth-order valence-electron chi connectivity index (χ4n) is 1.83. The summed E-state index contributed by atoms with van der Waals surface area (Å²) in [4.78, 5) is 16.9. The highest BCUT2D eigenvalue weighted by atomic mass is 16.5. The first kappa shape index (κ1) is 14.0. The molecule has 1 heterocycles. The molecule has 0 atom stereocenters. The summed E-state index contributed by atoms with van der Waals surface area (Å²) in [5.41, 5.74) is 1.94. The van der Waals surface area contributed by atoms with Gasteiger partial charge in [-0.3, -0.25) is 4.79 Å². The molecule has 0 spiro atoms. The van der Waals surface area contributed by atoms with Crippen molar-refractivity contribution in [1.82, 2.24) is 10.1 Å². The van der Waals surface area contributed by atoms with Gasteiger partial charge >= 0.3 is 5.97 Å². The van der Waals surface area contributed by atoms with Crippen molar-refractivity contribution in [2.75, 3.05) is 11.4 Å². The number of hydrogen-bond acceptors (Lipinski definition) is 5. The number of aliphatic carboxylic acids is 1. The van der Waals surface area contributed by atoms with Crippen molar-refractivity contribution in [1.29, 1.82) is 0 Å². The first-order chi connectivity index (χ1) is 9.58. The Hall–Kier alpha value is -2.37. The smallest absolute Gasteiger partial charge is 0.323 e. The van der Waals surface area contributed by atoms with E-state index in [1.54, 1.807) is 4.90 Å². The highest BCUT2D eigenvalue weighted by Gasteiger charge is 2.14. The van der Waals surface area contributed by atoms with E-state index in [4.69, 9.17) is 9.63 Å². The number of rotatable bonds is 6. The van der Waals surface area contributed by atoms with Crippen LogP contribution in [0.2, 0.25) is 0 Å². The Bertz CT molecular complexity index is 578. The number of aromatic nitrogens is 2. The molecule has 2 aromatic rings. The SMILES string of the molecule is CCc1nc(CN(CC(=O)O)c2ccc(C)cc2)no1. The molecule has 1 aromatic carbocycles. The van der Waals surface area contributed by atoms with Crippen molar-refractivity contribution in [2.24, 2.45) is 0 Å². The second-order valence-corrected chi connectivity index (χ2v) is 4.54. The lowest BCUT2D eigenvalue weighted by atomic mass is 10.2. The average Bonchev–Trinajstić information content (AvgIpc) is 2.86. The van der Waals surface area contributed by atoms with E-state index in [0.717, 1.165) is 11.3 Å². The van der Waals surface area contributed by atoms with Gasteiger partial charge in [0.2, 0.25) is 5.89 Å². The van der Waals surface area contributed by atoms with Crippen LogP contribution < -0.4 is 4.90 Å². The van der Waals surface area contributed by atoms with E-state index in [1.807, 2.05) is 38.1 Å². The fourth-order valence-corrected chi connectivity index (χ4v) is 1.83. The number of carboxylic acid groups (broad SMARTS) is 1. The molecule has 0 saturated carbocycles. The standard InChI is InChI=1S/C14H17N3O3/c1-3-13-15-12(16-20-13)8-17(9-14(18)19)11-6-4-10(2)5-7-11/h4-7H,3,8-9H2,1-2H3,(H,18,19). The van der Waals surface area contributed by atoms with Gasteiger partial charge in [-0.15, -0.1) is 0 Å². The van der Waals surface area contributed by atoms with Crippen molar-refractivity contribution in [2.45, 2.75) is 26.8 Å². The van der Waals surface area contributed by atoms with E-state index in [-0.39, 0.29) is 6.54 Å². The van der Waals surface area contributed by atoms with E-state index < -0.39 is 5.97 Å². The van der Waals surface area contributed by atoms with Crippen LogP contribution in [0.25, 0.3) is 0 Å². The second kappa shape index (κ2) is 6.18. The van der Waals surface area contributed by atoms with Gasteiger partial charge in [-0.2, -0.15) is 4.98 Å². The van der Waals surface area contributed by atoms with Crippen LogP contribution in [-0.4, -0.2) is 27.8 Å². The lowest BCUT2D eigenvalue weighted by Crippen LogP contribution is -2.29. The molecule has 0 aliphatic carbocycles. The lowest BCUT2D eigenvalue weighted by Gasteiger charge is -2.21. The Morgan fingerprint density at radius 1 is 1.35 bits per heavy atom. The third-order valence-electron chi connectivity index (χ3n) is 2.87. The predicted molar refractivity (Wildman–Crippen MR) is 73.5 cm³/mol. The van der Waals surface area contributed by atoms with Gasteiger partial charge in [-0.1, -0.05) is 29.8 Å². The van der Waals surface area contributed by atoms with Crippen LogP contribution in [0.4, 0.5) is 5.69 Å². The summed E-state index contributed by atoms with van der Waals surface area (Å²) in [5.74, 6) is 0.146. The zero-order chi connectivity index (χ0) is 14.5. The minimum absolute atomic E-state index is 0.112. The first-order valence-corrected chi connectivity index (χ1v) is 6.43. The number of aryl methyl sites for hydroxylation is 2. The Labute approximate surface area is 117 Å². The Kier molecular flexibility index (Phi) is 4.34. The van der Waals surface area contributed by atoms with Gasteiger partial charge in [-0.25, -0.2) is 0 Å². The van der Waals surface area contributed by atoms with Gasteiger partial charge < -0.3 is 14.5 Å². The normalized spacial score (nSPS) is 10.5. The molecule has 6 nitrogen and oxygen atoms in total. The zero-order valence-corrected chi connectivity index (χ0v) is 11.5. The molecule has 0 fully saturated rings. The quantitative estimate of drug-likeness (QED) is 0.869. The predicted octanol–water partition coefficient (Wildman–Crippen LogP) is 2.03. The summed E-state index contributed by atoms with van der Waals surface area (Å²) in [6, 6.07) is 7.66. The Morgan fingerprint density at radius 3 is 2.60 bits per heavy atom. The third kappa shape index (κ3) is 3.57. The molecule has 0 radical (unpaired) electrons. The molecule has 0 aliphatic heterocycles. The molecule has 1 aromatic heterocycles. The molecule has 0 bridgehead atoms. The van der Waals surface area contributed by atoms with Gasteiger partial charge in [0.05, 0.1) is 6.54 Å². The molecular weight excluding hydrogens is 258 g/mol. The maximum Gasteiger partial charge on any atom is 0.323 e. The largest absolute Gasteiger partial charge is 0.480 e. The summed E-state index contributed by atoms with van der Waals surface area (Å²) in [6.07, 6.45) is 0.663. The second-order valence-electron chi connectivity index (χ2n) is 4.54. The summed E-state index contributed by atoms with van der Waals surface area (Å²) in [5, 5.41) is 12.9. The molecule has 0 unspecified atom stereocenters. The van der Waals surface area contributed by atoms with Crippen LogP contribution in [0.15, 0.2) is 28.8 Å². The minimum Gasteiger partial charge on any atom is -0.480 e. The molecule has 106 valence electrons. The molecule has 0 amide bonds. The molecule has 1 N–H and O–H groups in total. The van der Waals surface area contributed by atoms with Crippen molar-refractivity contribution in [3.8, 4) is 0 Å². The van der Waals surface area contributed by atoms with Crippen molar-refractivity contribution < 1.29 is 14.4 Å². The average molecular weight is 275 g/mol. The van der Waals surface area contributed by atoms with Crippen LogP contribution in [-0.2, 0) is 17.8 Å². The van der Waals surface area contributed by atoms with E-state index in [2.05, 4.69) is 10.1 Å². The number of carbonyl (C=O) groups is 1. The van der Waals surface area contributed by atoms with Crippen LogP contribution in [0.3, 0.4) is 0 Å². The van der Waals surface area contributed by atoms with Crippen molar-refractivity contribution >= 4 is 11.7 Å². The monoisotopic (exact) mass is 275 g/mol. The highest BCUT2D eigenvalue weighted by Crippen LogP contribution is 2.17. The number of nitrogens with zero attached hydrogens (tertiary/aromatic N) is 3. The van der Waals surface area contributed by atoms with Gasteiger partial charge in [0.15, 0.2) is 5.82 Å². The Balaban J connectivity index is 2.18. The van der Waals surface area contributed by atoms with Gasteiger partial charge in [0.25, 0.3) is 0 Å². The maximum atomic E-state index is 11.0. The molecule has 0 aliphatic rings. The van der Waals surface area contributed by atoms with Crippen LogP contribution >= 0.6 is 0 Å². The zero-order valence-electron chi connectivity index (χ0n) is 11.5. The van der Waals surface area contributed by atoms with E-state index in [9.17, 15) is 4.79 Å². The van der Waals surface area contributed by atoms with E-state index in [0.29, 0.717) is 24.7 Å². The highest BCUT2D eigenvalue weighted by molar-refractivity contribution is 5.73. The lowest BCUT2D eigenvalue weighted by molar-refractivity contribution is -0.135. The first-order valence-electron chi connectivity index (χ1n) is 6.43. The van der Waals surface area contributed by atoms with Gasteiger partial charge in [-0.05, 0) is 19.1 Å². The van der Waals surface area contributed by atoms with E-state index in [1.165, 1.54) is 0 Å². The third-order valence-corrected chi connectivity index (χ3v) is 2.87. The Morgan fingerprint density at radius 2 is 2.05 bits per heavy atom. The summed E-state index contributed by atoms with van der Waals surface area (Å²) in [7, 11) is 0.